The van der Waals surface area contributed by atoms with E-state index in [0.29, 0.717) is 11.9 Å². The van der Waals surface area contributed by atoms with Crippen molar-refractivity contribution in [3.8, 4) is 5.88 Å². The molecular formula is C20H30N4O. The zero-order valence-corrected chi connectivity index (χ0v) is 15.4. The number of H-pyrrole nitrogens is 1. The van der Waals surface area contributed by atoms with Crippen LogP contribution in [-0.4, -0.2) is 47.4 Å². The minimum absolute atomic E-state index is 0.585. The summed E-state index contributed by atoms with van der Waals surface area (Å²) in [6.07, 6.45) is 3.06. The molecule has 2 heterocycles. The van der Waals surface area contributed by atoms with Gasteiger partial charge in [-0.15, -0.1) is 5.10 Å². The summed E-state index contributed by atoms with van der Waals surface area (Å²) in [7, 11) is 0. The summed E-state index contributed by atoms with van der Waals surface area (Å²) in [5.74, 6) is 0.702. The van der Waals surface area contributed by atoms with E-state index in [4.69, 9.17) is 4.74 Å². The predicted molar refractivity (Wildman–Crippen MR) is 101 cm³/mol. The molecule has 0 radical (unpaired) electrons. The highest BCUT2D eigenvalue weighted by atomic mass is 16.5. The number of benzene rings is 1. The van der Waals surface area contributed by atoms with Crippen LogP contribution in [0.15, 0.2) is 30.3 Å². The van der Waals surface area contributed by atoms with E-state index in [1.165, 1.54) is 11.1 Å². The lowest BCUT2D eigenvalue weighted by atomic mass is 10.1. The lowest BCUT2D eigenvalue weighted by molar-refractivity contribution is 0.199. The van der Waals surface area contributed by atoms with Crippen molar-refractivity contribution in [2.75, 3.05) is 26.2 Å². The second kappa shape index (κ2) is 9.02. The van der Waals surface area contributed by atoms with E-state index in [-0.39, 0.29) is 0 Å². The third-order valence-corrected chi connectivity index (χ3v) is 4.63. The first-order valence-electron chi connectivity index (χ1n) is 9.43. The maximum atomic E-state index is 5.62. The monoisotopic (exact) mass is 342 g/mol. The predicted octanol–water partition coefficient (Wildman–Crippen LogP) is 2.97. The van der Waals surface area contributed by atoms with E-state index in [1.54, 1.807) is 0 Å². The molecule has 25 heavy (non-hydrogen) atoms. The molecular weight excluding hydrogens is 312 g/mol. The van der Waals surface area contributed by atoms with Gasteiger partial charge in [0.15, 0.2) is 0 Å². The smallest absolute Gasteiger partial charge is 0.232 e. The van der Waals surface area contributed by atoms with Crippen molar-refractivity contribution in [3.05, 3.63) is 47.2 Å². The Morgan fingerprint density at radius 1 is 1.24 bits per heavy atom. The molecule has 0 aliphatic carbocycles. The number of nitrogens with zero attached hydrogens (tertiary/aromatic N) is 2. The van der Waals surface area contributed by atoms with E-state index in [9.17, 15) is 0 Å². The Morgan fingerprint density at radius 3 is 2.80 bits per heavy atom. The number of piperazine rings is 1. The van der Waals surface area contributed by atoms with Crippen LogP contribution < -0.4 is 10.1 Å². The van der Waals surface area contributed by atoms with Crippen LogP contribution in [0.3, 0.4) is 0 Å². The van der Waals surface area contributed by atoms with Crippen molar-refractivity contribution in [2.24, 2.45) is 0 Å². The molecule has 0 spiro atoms. The van der Waals surface area contributed by atoms with Gasteiger partial charge in [0.2, 0.25) is 5.88 Å². The third-order valence-electron chi connectivity index (χ3n) is 4.63. The summed E-state index contributed by atoms with van der Waals surface area (Å²) in [5.41, 5.74) is 3.77. The molecule has 0 saturated carbocycles. The van der Waals surface area contributed by atoms with Crippen LogP contribution in [0.5, 0.6) is 5.88 Å². The minimum atomic E-state index is 0.585. The van der Waals surface area contributed by atoms with E-state index in [0.717, 1.165) is 57.7 Å². The molecule has 0 amide bonds. The summed E-state index contributed by atoms with van der Waals surface area (Å²) < 4.78 is 5.62. The normalized spacial score (nSPS) is 18.4. The Balaban J connectivity index is 1.50. The fourth-order valence-corrected chi connectivity index (χ4v) is 3.22. The van der Waals surface area contributed by atoms with Crippen LogP contribution >= 0.6 is 0 Å². The van der Waals surface area contributed by atoms with Gasteiger partial charge in [-0.05, 0) is 24.5 Å². The van der Waals surface area contributed by atoms with Crippen LogP contribution in [0.25, 0.3) is 0 Å². The first-order chi connectivity index (χ1) is 12.2. The van der Waals surface area contributed by atoms with Gasteiger partial charge in [-0.1, -0.05) is 37.6 Å². The number of hydrogen-bond acceptors (Lipinski definition) is 4. The lowest BCUT2D eigenvalue weighted by Gasteiger charge is -2.31. The van der Waals surface area contributed by atoms with Crippen LogP contribution in [0, 0.1) is 0 Å². The van der Waals surface area contributed by atoms with Gasteiger partial charge in [-0.25, -0.2) is 0 Å². The molecule has 2 aromatic rings. The number of hydrogen-bond donors (Lipinski definition) is 2. The minimum Gasteiger partial charge on any atom is -0.477 e. The fraction of sp³-hybridized carbons (Fsp3) is 0.550. The number of aromatic amines is 1. The summed E-state index contributed by atoms with van der Waals surface area (Å²) in [5, 5.41) is 10.8. The number of unbranched alkanes of at least 4 members (excludes halogenated alkanes) is 1. The van der Waals surface area contributed by atoms with Crippen molar-refractivity contribution in [2.45, 2.75) is 45.7 Å². The first kappa shape index (κ1) is 18.0. The van der Waals surface area contributed by atoms with E-state index < -0.39 is 0 Å². The molecule has 3 rings (SSSR count). The molecule has 1 aliphatic rings. The van der Waals surface area contributed by atoms with Gasteiger partial charge < -0.3 is 10.1 Å². The quantitative estimate of drug-likeness (QED) is 0.724. The second-order valence-electron chi connectivity index (χ2n) is 7.02. The van der Waals surface area contributed by atoms with E-state index >= 15 is 0 Å². The van der Waals surface area contributed by atoms with Gasteiger partial charge in [0.25, 0.3) is 0 Å². The zero-order valence-electron chi connectivity index (χ0n) is 15.4. The summed E-state index contributed by atoms with van der Waals surface area (Å²) in [6, 6.07) is 11.5. The molecule has 1 atom stereocenters. The Labute approximate surface area is 150 Å². The van der Waals surface area contributed by atoms with Gasteiger partial charge in [0.05, 0.1) is 6.61 Å². The molecule has 0 bridgehead atoms. The molecule has 1 saturated heterocycles. The molecule has 2 N–H and O–H groups in total. The van der Waals surface area contributed by atoms with Crippen LogP contribution in [0.1, 0.15) is 43.5 Å². The Kier molecular flexibility index (Phi) is 6.48. The molecule has 1 fully saturated rings. The highest BCUT2D eigenvalue weighted by Gasteiger charge is 2.15. The van der Waals surface area contributed by atoms with Crippen LogP contribution in [-0.2, 0) is 13.0 Å². The third kappa shape index (κ3) is 5.58. The summed E-state index contributed by atoms with van der Waals surface area (Å²) in [4.78, 5) is 2.52. The zero-order chi connectivity index (χ0) is 17.5. The van der Waals surface area contributed by atoms with Gasteiger partial charge in [0, 0.05) is 50.4 Å². The molecule has 1 aromatic carbocycles. The van der Waals surface area contributed by atoms with Gasteiger partial charge in [-0.3, -0.25) is 10.00 Å². The first-order valence-corrected chi connectivity index (χ1v) is 9.43. The van der Waals surface area contributed by atoms with Crippen molar-refractivity contribution >= 4 is 0 Å². The van der Waals surface area contributed by atoms with Crippen molar-refractivity contribution < 1.29 is 4.74 Å². The highest BCUT2D eigenvalue weighted by Crippen LogP contribution is 2.15. The molecule has 136 valence electrons. The summed E-state index contributed by atoms with van der Waals surface area (Å²) in [6.45, 7) is 9.51. The number of nitrogens with one attached hydrogen (secondary N) is 2. The fourth-order valence-electron chi connectivity index (χ4n) is 3.22. The van der Waals surface area contributed by atoms with Crippen LogP contribution in [0.2, 0.25) is 0 Å². The van der Waals surface area contributed by atoms with E-state index in [1.807, 2.05) is 6.07 Å². The molecule has 1 aromatic heterocycles. The van der Waals surface area contributed by atoms with Crippen molar-refractivity contribution in [1.82, 2.24) is 20.4 Å². The Bertz CT molecular complexity index is 637. The Morgan fingerprint density at radius 2 is 2.04 bits per heavy atom. The maximum absolute atomic E-state index is 5.62. The van der Waals surface area contributed by atoms with Gasteiger partial charge in [-0.2, -0.15) is 0 Å². The highest BCUT2D eigenvalue weighted by molar-refractivity contribution is 5.27. The van der Waals surface area contributed by atoms with E-state index in [2.05, 4.69) is 58.5 Å². The topological polar surface area (TPSA) is 53.2 Å². The van der Waals surface area contributed by atoms with Gasteiger partial charge >= 0.3 is 0 Å². The molecule has 5 nitrogen and oxygen atoms in total. The lowest BCUT2D eigenvalue weighted by Crippen LogP contribution is -2.48. The molecule has 5 heteroatoms. The summed E-state index contributed by atoms with van der Waals surface area (Å²) >= 11 is 0. The second-order valence-corrected chi connectivity index (χ2v) is 7.02. The Hall–Kier alpha value is -1.85. The average Bonchev–Trinajstić information content (AvgIpc) is 3.04. The maximum Gasteiger partial charge on any atom is 0.232 e. The molecule has 0 unspecified atom stereocenters. The largest absolute Gasteiger partial charge is 0.477 e. The standard InChI is InChI=1S/C20H30N4O/c1-3-4-11-25-20-13-19(22-23-20)12-17-5-7-18(8-6-17)15-24-10-9-21-16(2)14-24/h5-8,13,16,21H,3-4,9-12,14-15H2,1-2H3,(H,22,23)/t16-/m0/s1. The number of ether oxygens (including phenoxy) is 1. The SMILES string of the molecule is CCCCOc1cc(Cc2ccc(CN3CCN[C@@H](C)C3)cc2)[nH]n1. The molecule has 1 aliphatic heterocycles. The van der Waals surface area contributed by atoms with Crippen molar-refractivity contribution in [1.29, 1.82) is 0 Å². The number of rotatable bonds is 8. The number of aromatic nitrogens is 2. The van der Waals surface area contributed by atoms with Crippen LogP contribution in [0.4, 0.5) is 0 Å². The average molecular weight is 342 g/mol. The van der Waals surface area contributed by atoms with Crippen molar-refractivity contribution in [3.63, 3.8) is 0 Å². The van der Waals surface area contributed by atoms with Gasteiger partial charge in [0.1, 0.15) is 0 Å².